The Morgan fingerprint density at radius 1 is 0.896 bits per heavy atom. The van der Waals surface area contributed by atoms with Gasteiger partial charge in [-0.2, -0.15) is 0 Å². The number of pyridine rings is 1. The van der Waals surface area contributed by atoms with Crippen molar-refractivity contribution in [1.82, 2.24) is 15.2 Å². The molecule has 10 heteroatoms. The lowest BCUT2D eigenvalue weighted by atomic mass is 9.85. The number of H-pyrrole nitrogens is 1. The van der Waals surface area contributed by atoms with E-state index in [9.17, 15) is 34.8 Å². The normalized spacial score (nSPS) is 15.0. The van der Waals surface area contributed by atoms with Crippen LogP contribution < -0.4 is 10.9 Å². The van der Waals surface area contributed by atoms with E-state index in [4.69, 9.17) is 0 Å². The first kappa shape index (κ1) is 32.4. The topological polar surface area (TPSA) is 163 Å². The van der Waals surface area contributed by atoms with Gasteiger partial charge in [-0.25, -0.2) is 4.79 Å². The number of fused-ring (bicyclic) bond motifs is 1. The van der Waals surface area contributed by atoms with Gasteiger partial charge >= 0.3 is 5.97 Å². The number of rotatable bonds is 10. The van der Waals surface area contributed by atoms with Crippen LogP contribution in [0.2, 0.25) is 0 Å². The molecule has 0 unspecified atom stereocenters. The van der Waals surface area contributed by atoms with Gasteiger partial charge in [0.25, 0.3) is 5.91 Å². The molecule has 0 saturated carbocycles. The first-order valence-electron chi connectivity index (χ1n) is 15.6. The second-order valence-corrected chi connectivity index (χ2v) is 11.8. The lowest BCUT2D eigenvalue weighted by Crippen LogP contribution is -2.36. The molecule has 0 saturated heterocycles. The zero-order valence-corrected chi connectivity index (χ0v) is 26.0. The Hall–Kier alpha value is -5.55. The fraction of sp³-hybridized carbons (Fsp3) is 0.184. The zero-order valence-electron chi connectivity index (χ0n) is 26.0. The molecule has 4 aromatic carbocycles. The highest BCUT2D eigenvalue weighted by atomic mass is 16.4. The molecule has 48 heavy (non-hydrogen) atoms. The number of benzene rings is 4. The molecule has 10 nitrogen and oxygen atoms in total. The standard InChI is InChI=1S/C38H35N3O7/c42-32-16-14-30(31-15-17-34(44)40-35(31)32)33(43)23-39-22-24-6-8-27(9-7-24)36(45)41-20-18-26(19-21-41)25-10-12-29(13-11-25)38(48,37(46)47)28-4-2-1-3-5-28/h1-18,33,39,42-43,48H,19-23H2,(H,40,44)(H,46,47)/t33-,38-/m0/s1. The van der Waals surface area contributed by atoms with Crippen LogP contribution in [0.3, 0.4) is 0 Å². The van der Waals surface area contributed by atoms with Gasteiger partial charge in [0, 0.05) is 43.2 Å². The third-order valence-electron chi connectivity index (χ3n) is 8.80. The summed E-state index contributed by atoms with van der Waals surface area (Å²) in [6, 6.07) is 28.5. The van der Waals surface area contributed by atoms with E-state index in [-0.39, 0.29) is 40.4 Å². The number of aromatic amines is 1. The Morgan fingerprint density at radius 3 is 2.27 bits per heavy atom. The highest BCUT2D eigenvalue weighted by molar-refractivity contribution is 5.95. The van der Waals surface area contributed by atoms with Crippen molar-refractivity contribution in [2.75, 3.05) is 19.6 Å². The number of hydrogen-bond donors (Lipinski definition) is 6. The quantitative estimate of drug-likeness (QED) is 0.131. The van der Waals surface area contributed by atoms with Gasteiger partial charge in [-0.05, 0) is 64.1 Å². The van der Waals surface area contributed by atoms with Crippen molar-refractivity contribution in [2.45, 2.75) is 24.7 Å². The summed E-state index contributed by atoms with van der Waals surface area (Å²) < 4.78 is 0. The lowest BCUT2D eigenvalue weighted by molar-refractivity contribution is -0.155. The lowest BCUT2D eigenvalue weighted by Gasteiger charge is -2.27. The second-order valence-electron chi connectivity index (χ2n) is 11.8. The summed E-state index contributed by atoms with van der Waals surface area (Å²) in [5, 5.41) is 45.6. The van der Waals surface area contributed by atoms with E-state index in [1.165, 1.54) is 12.1 Å². The first-order valence-corrected chi connectivity index (χ1v) is 15.6. The number of carboxylic acid groups (broad SMARTS) is 1. The monoisotopic (exact) mass is 645 g/mol. The van der Waals surface area contributed by atoms with Crippen molar-refractivity contribution < 1.29 is 30.0 Å². The number of nitrogens with one attached hydrogen (secondary N) is 2. The van der Waals surface area contributed by atoms with Crippen LogP contribution in [0, 0.1) is 0 Å². The van der Waals surface area contributed by atoms with E-state index in [0.717, 1.165) is 16.7 Å². The van der Waals surface area contributed by atoms with Gasteiger partial charge in [-0.3, -0.25) is 9.59 Å². The summed E-state index contributed by atoms with van der Waals surface area (Å²) in [4.78, 5) is 41.4. The number of phenolic OH excluding ortho intramolecular Hbond substituents is 1. The van der Waals surface area contributed by atoms with Crippen molar-refractivity contribution in [2.24, 2.45) is 0 Å². The van der Waals surface area contributed by atoms with E-state index in [1.807, 2.05) is 18.2 Å². The van der Waals surface area contributed by atoms with Gasteiger partial charge < -0.3 is 35.6 Å². The molecule has 1 aliphatic heterocycles. The van der Waals surface area contributed by atoms with Crippen LogP contribution >= 0.6 is 0 Å². The molecule has 1 amide bonds. The highest BCUT2D eigenvalue weighted by Crippen LogP contribution is 2.32. The molecule has 6 rings (SSSR count). The maximum absolute atomic E-state index is 13.2. The smallest absolute Gasteiger partial charge is 0.345 e. The highest BCUT2D eigenvalue weighted by Gasteiger charge is 2.40. The number of nitrogens with zero attached hydrogens (tertiary/aromatic N) is 1. The largest absolute Gasteiger partial charge is 0.506 e. The maximum atomic E-state index is 13.2. The molecule has 2 heterocycles. The Labute approximate surface area is 276 Å². The minimum Gasteiger partial charge on any atom is -0.506 e. The third kappa shape index (κ3) is 6.50. The van der Waals surface area contributed by atoms with Crippen LogP contribution in [0.5, 0.6) is 5.75 Å². The summed E-state index contributed by atoms with van der Waals surface area (Å²) in [5.41, 5.74) is 2.35. The number of carbonyl (C=O) groups excluding carboxylic acids is 1. The number of amides is 1. The third-order valence-corrected chi connectivity index (χ3v) is 8.80. The Kier molecular flexibility index (Phi) is 9.22. The molecule has 0 bridgehead atoms. The van der Waals surface area contributed by atoms with Crippen molar-refractivity contribution in [3.8, 4) is 5.75 Å². The van der Waals surface area contributed by atoms with Gasteiger partial charge in [0.1, 0.15) is 5.75 Å². The molecular formula is C38H35N3O7. The molecule has 0 aliphatic carbocycles. The predicted octanol–water partition coefficient (Wildman–Crippen LogP) is 4.31. The fourth-order valence-corrected chi connectivity index (χ4v) is 6.09. The number of aliphatic hydroxyl groups excluding tert-OH is 1. The number of aliphatic carboxylic acids is 1. The SMILES string of the molecule is O=C(c1ccc(CNC[C@H](O)c2ccc(O)c3[nH]c(=O)ccc23)cc1)N1CC=C(c2ccc([C@](O)(C(=O)O)c3ccccc3)cc2)CC1. The van der Waals surface area contributed by atoms with Crippen molar-refractivity contribution in [3.63, 3.8) is 0 Å². The van der Waals surface area contributed by atoms with Crippen molar-refractivity contribution in [3.05, 3.63) is 153 Å². The van der Waals surface area contributed by atoms with E-state index < -0.39 is 17.7 Å². The molecular weight excluding hydrogens is 610 g/mol. The average Bonchev–Trinajstić information content (AvgIpc) is 3.12. The fourth-order valence-electron chi connectivity index (χ4n) is 6.09. The van der Waals surface area contributed by atoms with Crippen LogP contribution in [0.4, 0.5) is 0 Å². The number of aromatic hydroxyl groups is 1. The first-order chi connectivity index (χ1) is 23.1. The van der Waals surface area contributed by atoms with Crippen LogP contribution in [-0.2, 0) is 16.9 Å². The van der Waals surface area contributed by atoms with E-state index in [1.54, 1.807) is 83.8 Å². The minimum absolute atomic E-state index is 0.0645. The van der Waals surface area contributed by atoms with E-state index in [0.29, 0.717) is 42.6 Å². The van der Waals surface area contributed by atoms with Crippen LogP contribution in [0.15, 0.2) is 114 Å². The molecule has 6 N–H and O–H groups in total. The van der Waals surface area contributed by atoms with Crippen LogP contribution in [0.1, 0.15) is 50.7 Å². The molecule has 5 aromatic rings. The van der Waals surface area contributed by atoms with Crippen molar-refractivity contribution >= 4 is 28.4 Å². The number of carbonyl (C=O) groups is 2. The molecule has 244 valence electrons. The summed E-state index contributed by atoms with van der Waals surface area (Å²) >= 11 is 0. The molecule has 0 radical (unpaired) electrons. The molecule has 1 aromatic heterocycles. The molecule has 2 atom stereocenters. The zero-order chi connectivity index (χ0) is 33.8. The number of hydrogen-bond acceptors (Lipinski definition) is 7. The minimum atomic E-state index is -2.16. The molecule has 0 spiro atoms. The van der Waals surface area contributed by atoms with Gasteiger partial charge in [0.15, 0.2) is 0 Å². The van der Waals surface area contributed by atoms with Crippen molar-refractivity contribution in [1.29, 1.82) is 0 Å². The van der Waals surface area contributed by atoms with Crippen LogP contribution in [0.25, 0.3) is 16.5 Å². The van der Waals surface area contributed by atoms with Gasteiger partial charge in [0.05, 0.1) is 11.6 Å². The Morgan fingerprint density at radius 2 is 1.60 bits per heavy atom. The Bertz CT molecular complexity index is 2040. The summed E-state index contributed by atoms with van der Waals surface area (Å²) in [6.07, 6.45) is 1.75. The molecule has 0 fully saturated rings. The number of phenols is 1. The summed E-state index contributed by atoms with van der Waals surface area (Å²) in [6.45, 7) is 1.65. The number of aliphatic hydroxyl groups is 2. The van der Waals surface area contributed by atoms with Gasteiger partial charge in [-0.15, -0.1) is 0 Å². The predicted molar refractivity (Wildman–Crippen MR) is 181 cm³/mol. The summed E-state index contributed by atoms with van der Waals surface area (Å²) in [5.74, 6) is -1.50. The maximum Gasteiger partial charge on any atom is 0.345 e. The van der Waals surface area contributed by atoms with Crippen LogP contribution in [-0.4, -0.2) is 61.8 Å². The molecule has 1 aliphatic rings. The van der Waals surface area contributed by atoms with Gasteiger partial charge in [0.2, 0.25) is 11.2 Å². The second kappa shape index (κ2) is 13.7. The van der Waals surface area contributed by atoms with E-state index in [2.05, 4.69) is 10.3 Å². The van der Waals surface area contributed by atoms with Gasteiger partial charge in [-0.1, -0.05) is 78.9 Å². The Balaban J connectivity index is 1.04. The van der Waals surface area contributed by atoms with E-state index >= 15 is 0 Å². The number of carboxylic acids is 1. The summed E-state index contributed by atoms with van der Waals surface area (Å²) in [7, 11) is 0. The average molecular weight is 646 g/mol. The number of aromatic nitrogens is 1.